The zero-order chi connectivity index (χ0) is 58.7. The van der Waals surface area contributed by atoms with Crippen LogP contribution in [-0.4, -0.2) is 349 Å². The Labute approximate surface area is 446 Å². The van der Waals surface area contributed by atoms with Crippen molar-refractivity contribution in [2.24, 2.45) is 0 Å². The van der Waals surface area contributed by atoms with Crippen LogP contribution in [0.15, 0.2) is 0 Å². The SMILES string of the molecule is CC(=O)N[C@H]1[C@H](O[C@@H]2[C@@H](O)[C@H](O[C@H]3[C@H](O)[C@@H](O)[C@H](O)O[C@@H]3CO)O[C@H](CO)[C@@H]2O[C@@H]2O[C@H](CO)[C@@H](O)[C@H](O)[C@H]2O)O[C@H](CO)[C@@H](O[C@@H]2O[C@H](CO)[C@H](O)[C@H](O[C@]3(C(=O)O)C[C@H](O)[C@@H](NC(C)=O)[C@H]([C@H](O)[C@H](O)CO)O3)[C@H]2O)[C@@H]1O. The van der Waals surface area contributed by atoms with Crippen LogP contribution in [0.1, 0.15) is 20.3 Å². The normalized spacial score (nSPS) is 47.7. The third kappa shape index (κ3) is 13.9. The van der Waals surface area contributed by atoms with E-state index in [0.717, 1.165) is 13.8 Å². The highest BCUT2D eigenvalue weighted by atomic mass is 16.8. The largest absolute Gasteiger partial charge is 0.477 e. The van der Waals surface area contributed by atoms with Gasteiger partial charge in [0, 0.05) is 20.3 Å². The number of nitrogens with one attached hydrogen (secondary N) is 2. The number of carbonyl (C=O) groups is 3. The molecule has 0 saturated carbocycles. The predicted octanol–water partition coefficient (Wildman–Crippen LogP) is -14.6. The summed E-state index contributed by atoms with van der Waals surface area (Å²) in [4.78, 5) is 38.0. The molecule has 6 saturated heterocycles. The molecule has 6 aliphatic heterocycles. The summed E-state index contributed by atoms with van der Waals surface area (Å²) in [5.41, 5.74) is 0. The Bertz CT molecular complexity index is 1970. The molecule has 2 amide bonds. The van der Waals surface area contributed by atoms with Crippen LogP contribution < -0.4 is 10.6 Å². The van der Waals surface area contributed by atoms with Gasteiger partial charge in [-0.1, -0.05) is 0 Å². The van der Waals surface area contributed by atoms with Gasteiger partial charge in [0.2, 0.25) is 11.8 Å². The summed E-state index contributed by atoms with van der Waals surface area (Å²) in [6.07, 6.45) is -59.2. The van der Waals surface area contributed by atoms with Gasteiger partial charge in [0.05, 0.1) is 51.8 Å². The number of carbonyl (C=O) groups excluding carboxylic acids is 2. The highest BCUT2D eigenvalue weighted by Gasteiger charge is 2.62. The van der Waals surface area contributed by atoms with Crippen molar-refractivity contribution in [3.05, 3.63) is 0 Å². The van der Waals surface area contributed by atoms with Gasteiger partial charge in [-0.15, -0.1) is 0 Å². The van der Waals surface area contributed by atoms with Crippen LogP contribution in [0.4, 0.5) is 0 Å². The number of ether oxygens (including phenoxy) is 11. The lowest BCUT2D eigenvalue weighted by Gasteiger charge is -2.52. The number of amides is 2. The van der Waals surface area contributed by atoms with Crippen LogP contribution in [0, 0.1) is 0 Å². The first kappa shape index (κ1) is 65.4. The van der Waals surface area contributed by atoms with Crippen molar-refractivity contribution in [1.82, 2.24) is 10.6 Å². The molecule has 0 radical (unpaired) electrons. The van der Waals surface area contributed by atoms with Gasteiger partial charge in [0.25, 0.3) is 5.79 Å². The maximum absolute atomic E-state index is 13.0. The standard InChI is InChI=1S/C43H72N2O34/c1-10(52)44-19-12(54)3-43(42(67)68,78-34(19)21(56)13(55)4-46)79-35-23(58)15(6-48)71-40(29(35)64)74-31-17(8-50)72-38(20(24(31)59)45-11(2)53)77-36-30(65)41(75-32-16(7-49)69-37(66)27(62)26(32)61)73-18(9-51)33(36)76-39-28(63)25(60)22(57)14(5-47)70-39/h12-41,46-51,54-66H,3-9H2,1-2H3,(H,44,52)(H,45,53)(H,67,68)/t12-,13+,14+,15+,16+,17+,18+,19+,20+,21+,22+,23-,24+,25-,26+,27+,28+,29+,30+,31+,32+,33-,34+,35-,36+,37+,38-,39-,40-,41-,43-/m0/s1. The molecule has 458 valence electrons. The molecule has 6 aliphatic rings. The van der Waals surface area contributed by atoms with Gasteiger partial charge in [-0.05, 0) is 0 Å². The number of hydrogen-bond donors (Lipinski definition) is 22. The highest BCUT2D eigenvalue weighted by molar-refractivity contribution is 5.76. The maximum atomic E-state index is 13.0. The molecule has 31 atom stereocenters. The van der Waals surface area contributed by atoms with E-state index < -0.39 is 254 Å². The van der Waals surface area contributed by atoms with Crippen LogP contribution >= 0.6 is 0 Å². The van der Waals surface area contributed by atoms with Gasteiger partial charge in [-0.25, -0.2) is 4.79 Å². The first-order chi connectivity index (χ1) is 37.2. The molecule has 79 heavy (non-hydrogen) atoms. The van der Waals surface area contributed by atoms with Gasteiger partial charge in [0.15, 0.2) is 31.5 Å². The summed E-state index contributed by atoms with van der Waals surface area (Å²) in [7, 11) is 0. The molecule has 0 spiro atoms. The summed E-state index contributed by atoms with van der Waals surface area (Å²) >= 11 is 0. The molecule has 0 bridgehead atoms. The molecule has 22 N–H and O–H groups in total. The Morgan fingerprint density at radius 2 is 0.937 bits per heavy atom. The number of rotatable bonds is 21. The predicted molar refractivity (Wildman–Crippen MR) is 240 cm³/mol. The fraction of sp³-hybridized carbons (Fsp3) is 0.930. The van der Waals surface area contributed by atoms with Crippen LogP contribution in [0.3, 0.4) is 0 Å². The van der Waals surface area contributed by atoms with Crippen molar-refractivity contribution < 1.29 is 169 Å². The number of aliphatic hydroxyl groups is 19. The van der Waals surface area contributed by atoms with E-state index in [1.54, 1.807) is 0 Å². The Morgan fingerprint density at radius 1 is 0.494 bits per heavy atom. The maximum Gasteiger partial charge on any atom is 0.364 e. The van der Waals surface area contributed by atoms with E-state index in [1.165, 1.54) is 0 Å². The van der Waals surface area contributed by atoms with Crippen molar-refractivity contribution in [2.75, 3.05) is 39.6 Å². The second kappa shape index (κ2) is 27.7. The molecule has 0 aromatic rings. The van der Waals surface area contributed by atoms with Crippen molar-refractivity contribution in [1.29, 1.82) is 0 Å². The molecule has 0 aliphatic carbocycles. The van der Waals surface area contributed by atoms with Gasteiger partial charge in [-0.3, -0.25) is 9.59 Å². The smallest absolute Gasteiger partial charge is 0.364 e. The Balaban J connectivity index is 1.32. The molecular formula is C43H72N2O34. The van der Waals surface area contributed by atoms with E-state index >= 15 is 0 Å². The van der Waals surface area contributed by atoms with Crippen molar-refractivity contribution in [3.63, 3.8) is 0 Å². The highest BCUT2D eigenvalue weighted by Crippen LogP contribution is 2.40. The van der Waals surface area contributed by atoms with E-state index in [-0.39, 0.29) is 0 Å². The Kier molecular flexibility index (Phi) is 22.9. The van der Waals surface area contributed by atoms with E-state index in [9.17, 15) is 117 Å². The molecule has 36 nitrogen and oxygen atoms in total. The van der Waals surface area contributed by atoms with Gasteiger partial charge in [0.1, 0.15) is 140 Å². The first-order valence-corrected chi connectivity index (χ1v) is 24.8. The van der Waals surface area contributed by atoms with Crippen molar-refractivity contribution in [3.8, 4) is 0 Å². The molecule has 36 heteroatoms. The summed E-state index contributed by atoms with van der Waals surface area (Å²) < 4.78 is 63.0. The number of carboxylic acids is 1. The third-order valence-electron chi connectivity index (χ3n) is 14.2. The molecule has 0 aromatic heterocycles. The van der Waals surface area contributed by atoms with E-state index in [1.807, 2.05) is 0 Å². The lowest BCUT2D eigenvalue weighted by molar-refractivity contribution is -0.400. The van der Waals surface area contributed by atoms with Gasteiger partial charge < -0.3 is 165 Å². The van der Waals surface area contributed by atoms with E-state index in [2.05, 4.69) is 10.6 Å². The van der Waals surface area contributed by atoms with Crippen molar-refractivity contribution >= 4 is 17.8 Å². The zero-order valence-electron chi connectivity index (χ0n) is 41.9. The minimum Gasteiger partial charge on any atom is -0.477 e. The number of carboxylic acid groups (broad SMARTS) is 1. The number of aliphatic hydroxyl groups excluding tert-OH is 19. The zero-order valence-corrected chi connectivity index (χ0v) is 41.9. The monoisotopic (exact) mass is 1160 g/mol. The number of aliphatic carboxylic acids is 1. The lowest BCUT2D eigenvalue weighted by atomic mass is 9.88. The van der Waals surface area contributed by atoms with Crippen LogP contribution in [0.5, 0.6) is 0 Å². The van der Waals surface area contributed by atoms with E-state index in [4.69, 9.17) is 52.1 Å². The minimum absolute atomic E-state index is 0.837. The molecular weight excluding hydrogens is 1090 g/mol. The second-order valence-electron chi connectivity index (χ2n) is 19.7. The quantitative estimate of drug-likeness (QED) is 0.0507. The fourth-order valence-corrected chi connectivity index (χ4v) is 10.0. The molecule has 6 heterocycles. The van der Waals surface area contributed by atoms with E-state index in [0.29, 0.717) is 0 Å². The van der Waals surface area contributed by atoms with Gasteiger partial charge in [-0.2, -0.15) is 0 Å². The van der Waals surface area contributed by atoms with Gasteiger partial charge >= 0.3 is 5.97 Å². The number of hydrogen-bond acceptors (Lipinski definition) is 33. The summed E-state index contributed by atoms with van der Waals surface area (Å²) in [6.45, 7) is -4.67. The van der Waals surface area contributed by atoms with Crippen LogP contribution in [0.25, 0.3) is 0 Å². The Hall–Kier alpha value is -2.79. The molecule has 0 aromatic carbocycles. The van der Waals surface area contributed by atoms with Crippen molar-refractivity contribution in [2.45, 2.75) is 210 Å². The van der Waals surface area contributed by atoms with Crippen LogP contribution in [-0.2, 0) is 66.5 Å². The third-order valence-corrected chi connectivity index (χ3v) is 14.2. The first-order valence-electron chi connectivity index (χ1n) is 24.8. The second-order valence-corrected chi connectivity index (χ2v) is 19.7. The Morgan fingerprint density at radius 3 is 1.47 bits per heavy atom. The topological polar surface area (TPSA) is 581 Å². The average molecular weight is 1160 g/mol. The molecule has 0 unspecified atom stereocenters. The lowest BCUT2D eigenvalue weighted by Crippen LogP contribution is -2.71. The molecule has 6 rings (SSSR count). The summed E-state index contributed by atoms with van der Waals surface area (Å²) in [6, 6.07) is -3.65. The molecule has 6 fully saturated rings. The fourth-order valence-electron chi connectivity index (χ4n) is 10.0. The summed E-state index contributed by atoms with van der Waals surface area (Å²) in [5, 5.41) is 219. The van der Waals surface area contributed by atoms with Crippen LogP contribution in [0.2, 0.25) is 0 Å². The minimum atomic E-state index is -3.22. The average Bonchev–Trinajstić information content (AvgIpc) is 3.47. The summed E-state index contributed by atoms with van der Waals surface area (Å²) in [5.74, 6) is -7.12.